The molecule has 1 atom stereocenters. The maximum Gasteiger partial charge on any atom is 0.357 e. The third-order valence-electron chi connectivity index (χ3n) is 1.37. The quantitative estimate of drug-likeness (QED) is 0.580. The highest BCUT2D eigenvalue weighted by atomic mass is 127. The lowest BCUT2D eigenvalue weighted by atomic mass is 10.3. The van der Waals surface area contributed by atoms with Crippen LogP contribution in [0.2, 0.25) is 0 Å². The Kier molecular flexibility index (Phi) is 4.87. The summed E-state index contributed by atoms with van der Waals surface area (Å²) in [6.07, 6.45) is 0. The zero-order valence-electron chi connectivity index (χ0n) is 6.99. The Balaban J connectivity index is 3.10. The van der Waals surface area contributed by atoms with Crippen molar-refractivity contribution in [3.05, 3.63) is 19.3 Å². The molecule has 1 aromatic carbocycles. The molecule has 0 aliphatic rings. The second kappa shape index (κ2) is 5.47. The number of hydrogen-bond donors (Lipinski definition) is 1. The molecule has 0 aromatic heterocycles. The Morgan fingerprint density at radius 1 is 1.29 bits per heavy atom. The van der Waals surface area contributed by atoms with Gasteiger partial charge in [-0.2, -0.15) is 4.21 Å². The van der Waals surface area contributed by atoms with Gasteiger partial charge in [0, 0.05) is 6.07 Å². The number of rotatable bonds is 3. The molecule has 0 fully saturated rings. The van der Waals surface area contributed by atoms with E-state index < -0.39 is 11.4 Å². The summed E-state index contributed by atoms with van der Waals surface area (Å²) < 4.78 is 30.4. The van der Waals surface area contributed by atoms with Crippen LogP contribution in [0.15, 0.2) is 12.1 Å². The molecule has 7 heteroatoms. The number of benzene rings is 1. The highest BCUT2D eigenvalue weighted by Gasteiger charge is 2.09. The molecule has 0 amide bonds. The molecule has 0 aliphatic heterocycles. The van der Waals surface area contributed by atoms with E-state index in [0.717, 1.165) is 7.14 Å². The van der Waals surface area contributed by atoms with Crippen LogP contribution >= 0.6 is 45.2 Å². The first-order valence-corrected chi connectivity index (χ1v) is 6.55. The second-order valence-electron chi connectivity index (χ2n) is 2.22. The maximum absolute atomic E-state index is 10.4. The van der Waals surface area contributed by atoms with E-state index >= 15 is 0 Å². The summed E-state index contributed by atoms with van der Waals surface area (Å²) in [7, 11) is 1.53. The maximum atomic E-state index is 10.4. The highest BCUT2D eigenvalue weighted by Crippen LogP contribution is 2.31. The monoisotopic (exact) mass is 440 g/mol. The lowest BCUT2D eigenvalue weighted by Crippen LogP contribution is -2.00. The summed E-state index contributed by atoms with van der Waals surface area (Å²) in [5.41, 5.74) is 0. The fraction of sp³-hybridized carbons (Fsp3) is 0.143. The van der Waals surface area contributed by atoms with Crippen molar-refractivity contribution in [2.45, 2.75) is 0 Å². The predicted octanol–water partition coefficient (Wildman–Crippen LogP) is 2.42. The average Bonchev–Trinajstić information content (AvgIpc) is 2.09. The van der Waals surface area contributed by atoms with Crippen molar-refractivity contribution in [3.63, 3.8) is 0 Å². The van der Waals surface area contributed by atoms with E-state index in [4.69, 9.17) is 9.29 Å². The predicted molar refractivity (Wildman–Crippen MR) is 69.8 cm³/mol. The molecule has 1 aromatic rings. The van der Waals surface area contributed by atoms with Gasteiger partial charge in [0.05, 0.1) is 14.3 Å². The fourth-order valence-corrected chi connectivity index (χ4v) is 3.11. The zero-order chi connectivity index (χ0) is 10.7. The van der Waals surface area contributed by atoms with Gasteiger partial charge in [0.2, 0.25) is 0 Å². The molecule has 4 nitrogen and oxygen atoms in total. The molecular formula is C7H6I2O4S. The molecule has 0 bridgehead atoms. The molecular weight excluding hydrogens is 434 g/mol. The van der Waals surface area contributed by atoms with E-state index in [1.54, 1.807) is 6.07 Å². The first-order valence-electron chi connectivity index (χ1n) is 3.37. The van der Waals surface area contributed by atoms with Crippen LogP contribution in [-0.2, 0) is 11.4 Å². The Labute approximate surface area is 111 Å². The standard InChI is InChI=1S/C7H6I2O4S/c1-12-6-3-7(13-14(10)11)5(9)2-4(6)8/h2-3H,1H3,(H,10,11). The van der Waals surface area contributed by atoms with Crippen molar-refractivity contribution in [1.29, 1.82) is 0 Å². The minimum Gasteiger partial charge on any atom is -0.496 e. The van der Waals surface area contributed by atoms with Crippen molar-refractivity contribution < 1.29 is 17.7 Å². The third-order valence-corrected chi connectivity index (χ3v) is 3.38. The molecule has 0 aliphatic carbocycles. The van der Waals surface area contributed by atoms with Crippen LogP contribution in [0.1, 0.15) is 0 Å². The minimum atomic E-state index is -2.31. The Hall–Kier alpha value is 0.390. The molecule has 1 rings (SSSR count). The van der Waals surface area contributed by atoms with Gasteiger partial charge in [-0.15, -0.1) is 0 Å². The highest BCUT2D eigenvalue weighted by molar-refractivity contribution is 14.1. The van der Waals surface area contributed by atoms with Gasteiger partial charge in [0.15, 0.2) is 5.75 Å². The van der Waals surface area contributed by atoms with Crippen LogP contribution in [0.4, 0.5) is 0 Å². The molecule has 1 N–H and O–H groups in total. The van der Waals surface area contributed by atoms with E-state index in [1.807, 2.05) is 28.7 Å². The van der Waals surface area contributed by atoms with Crippen molar-refractivity contribution in [2.24, 2.45) is 0 Å². The number of halogens is 2. The van der Waals surface area contributed by atoms with Crippen molar-refractivity contribution in [1.82, 2.24) is 0 Å². The lowest BCUT2D eigenvalue weighted by molar-refractivity contribution is 0.407. The normalized spacial score (nSPS) is 12.3. The van der Waals surface area contributed by atoms with Crippen LogP contribution in [-0.4, -0.2) is 15.9 Å². The molecule has 1 unspecified atom stereocenters. The van der Waals surface area contributed by atoms with E-state index in [-0.39, 0.29) is 0 Å². The van der Waals surface area contributed by atoms with E-state index in [2.05, 4.69) is 26.8 Å². The van der Waals surface area contributed by atoms with Crippen LogP contribution in [0.3, 0.4) is 0 Å². The summed E-state index contributed by atoms with van der Waals surface area (Å²) in [6, 6.07) is 3.39. The molecule has 14 heavy (non-hydrogen) atoms. The Morgan fingerprint density at radius 2 is 1.86 bits per heavy atom. The van der Waals surface area contributed by atoms with Crippen LogP contribution in [0.25, 0.3) is 0 Å². The van der Waals surface area contributed by atoms with Crippen molar-refractivity contribution in [2.75, 3.05) is 7.11 Å². The summed E-state index contributed by atoms with van der Waals surface area (Å²) in [5.74, 6) is 0.954. The van der Waals surface area contributed by atoms with Gasteiger partial charge in [-0.05, 0) is 51.2 Å². The Bertz CT molecular complexity index is 369. The molecule has 0 radical (unpaired) electrons. The molecule has 78 valence electrons. The first-order chi connectivity index (χ1) is 6.54. The van der Waals surface area contributed by atoms with Crippen LogP contribution in [0, 0.1) is 7.14 Å². The third kappa shape index (κ3) is 3.21. The zero-order valence-corrected chi connectivity index (χ0v) is 12.1. The fourth-order valence-electron chi connectivity index (χ4n) is 0.808. The van der Waals surface area contributed by atoms with Gasteiger partial charge in [-0.25, -0.2) is 0 Å². The summed E-state index contributed by atoms with van der Waals surface area (Å²) in [6.45, 7) is 0. The Morgan fingerprint density at radius 3 is 2.36 bits per heavy atom. The molecule has 0 spiro atoms. The summed E-state index contributed by atoms with van der Waals surface area (Å²) in [4.78, 5) is 0. The van der Waals surface area contributed by atoms with Crippen LogP contribution in [0.5, 0.6) is 11.5 Å². The number of hydrogen-bond acceptors (Lipinski definition) is 3. The van der Waals surface area contributed by atoms with E-state index in [9.17, 15) is 4.21 Å². The second-order valence-corrected chi connectivity index (χ2v) is 5.14. The van der Waals surface area contributed by atoms with Crippen molar-refractivity contribution in [3.8, 4) is 11.5 Å². The van der Waals surface area contributed by atoms with Gasteiger partial charge in [-0.3, -0.25) is 4.55 Å². The lowest BCUT2D eigenvalue weighted by Gasteiger charge is -2.07. The van der Waals surface area contributed by atoms with E-state index in [1.165, 1.54) is 7.11 Å². The molecule has 0 saturated carbocycles. The SMILES string of the molecule is COc1cc(OS(=O)O)c(I)cc1I. The van der Waals surface area contributed by atoms with Gasteiger partial charge in [0.25, 0.3) is 0 Å². The smallest absolute Gasteiger partial charge is 0.357 e. The molecule has 0 heterocycles. The topological polar surface area (TPSA) is 55.8 Å². The first kappa shape index (κ1) is 12.5. The van der Waals surface area contributed by atoms with Gasteiger partial charge in [-0.1, -0.05) is 0 Å². The summed E-state index contributed by atoms with van der Waals surface area (Å²) >= 11 is 1.83. The van der Waals surface area contributed by atoms with Gasteiger partial charge >= 0.3 is 11.4 Å². The van der Waals surface area contributed by atoms with Gasteiger partial charge < -0.3 is 8.92 Å². The van der Waals surface area contributed by atoms with Gasteiger partial charge in [0.1, 0.15) is 5.75 Å². The minimum absolute atomic E-state index is 0.337. The largest absolute Gasteiger partial charge is 0.496 e. The number of methoxy groups -OCH3 is 1. The molecule has 0 saturated heterocycles. The van der Waals surface area contributed by atoms with Crippen molar-refractivity contribution >= 4 is 56.5 Å². The van der Waals surface area contributed by atoms with Crippen LogP contribution < -0.4 is 8.92 Å². The average molecular weight is 440 g/mol. The number of ether oxygens (including phenoxy) is 1. The summed E-state index contributed by atoms with van der Waals surface area (Å²) in [5, 5.41) is 0. The van der Waals surface area contributed by atoms with E-state index in [0.29, 0.717) is 11.5 Å².